The summed E-state index contributed by atoms with van der Waals surface area (Å²) in [6, 6.07) is 7.68. The fraction of sp³-hybridized carbons (Fsp3) is 0.696. The van der Waals surface area contributed by atoms with Gasteiger partial charge < -0.3 is 14.8 Å². The van der Waals surface area contributed by atoms with E-state index in [4.69, 9.17) is 9.47 Å². The molecule has 0 bridgehead atoms. The van der Waals surface area contributed by atoms with E-state index >= 15 is 0 Å². The van der Waals surface area contributed by atoms with Gasteiger partial charge in [-0.1, -0.05) is 13.8 Å². The van der Waals surface area contributed by atoms with Crippen LogP contribution in [0.1, 0.15) is 52.9 Å². The van der Waals surface area contributed by atoms with Crippen LogP contribution in [0.2, 0.25) is 0 Å². The maximum Gasteiger partial charge on any atom is 0.256 e. The van der Waals surface area contributed by atoms with Crippen LogP contribution >= 0.6 is 0 Å². The fourth-order valence-corrected chi connectivity index (χ4v) is 4.81. The molecule has 2 fully saturated rings. The van der Waals surface area contributed by atoms with Gasteiger partial charge in [0, 0.05) is 31.9 Å². The number of nitrogens with one attached hydrogen (secondary N) is 1. The largest absolute Gasteiger partial charge is 0.492 e. The van der Waals surface area contributed by atoms with E-state index in [1.165, 1.54) is 19.5 Å². The van der Waals surface area contributed by atoms with Crippen LogP contribution in [0.25, 0.3) is 0 Å². The molecule has 1 aliphatic carbocycles. The summed E-state index contributed by atoms with van der Waals surface area (Å²) in [6.45, 7) is 11.2. The van der Waals surface area contributed by atoms with Gasteiger partial charge in [-0.3, -0.25) is 9.69 Å². The Morgan fingerprint density at radius 2 is 1.79 bits per heavy atom. The molecule has 1 saturated heterocycles. The molecule has 2 aliphatic rings. The second-order valence-electron chi connectivity index (χ2n) is 8.67. The molecule has 0 spiro atoms. The first-order chi connectivity index (χ1) is 13.5. The minimum atomic E-state index is -0.646. The predicted octanol–water partition coefficient (Wildman–Crippen LogP) is 4.33. The van der Waals surface area contributed by atoms with Gasteiger partial charge in [-0.15, -0.1) is 0 Å². The summed E-state index contributed by atoms with van der Waals surface area (Å²) in [5, 5.41) is 3.03. The summed E-state index contributed by atoms with van der Waals surface area (Å²) >= 11 is 0. The van der Waals surface area contributed by atoms with Crippen molar-refractivity contribution in [2.24, 2.45) is 11.8 Å². The minimum Gasteiger partial charge on any atom is -0.492 e. The Bertz CT molecular complexity index is 615. The zero-order valence-electron chi connectivity index (χ0n) is 17.7. The highest BCUT2D eigenvalue weighted by molar-refractivity contribution is 5.97. The lowest BCUT2D eigenvalue weighted by Crippen LogP contribution is -2.43. The maximum absolute atomic E-state index is 12.7. The minimum absolute atomic E-state index is 0.0196. The van der Waals surface area contributed by atoms with E-state index in [2.05, 4.69) is 24.1 Å². The molecule has 5 nitrogen and oxygen atoms in total. The van der Waals surface area contributed by atoms with Crippen LogP contribution in [0.3, 0.4) is 0 Å². The highest BCUT2D eigenvalue weighted by atomic mass is 16.5. The average Bonchev–Trinajstić information content (AvgIpc) is 3.13. The number of nitrogens with zero attached hydrogens (tertiary/aromatic N) is 1. The van der Waals surface area contributed by atoms with Gasteiger partial charge in [-0.05, 0) is 75.1 Å². The first-order valence-electron chi connectivity index (χ1n) is 10.9. The number of carbonyl (C=O) groups excluding carboxylic acids is 1. The van der Waals surface area contributed by atoms with Crippen LogP contribution in [0, 0.1) is 11.8 Å². The van der Waals surface area contributed by atoms with Crippen molar-refractivity contribution < 1.29 is 14.3 Å². The molecule has 28 heavy (non-hydrogen) atoms. The molecule has 1 aromatic carbocycles. The van der Waals surface area contributed by atoms with E-state index in [1.54, 1.807) is 0 Å². The summed E-state index contributed by atoms with van der Waals surface area (Å²) in [5.74, 6) is 2.36. The Morgan fingerprint density at radius 3 is 2.39 bits per heavy atom. The van der Waals surface area contributed by atoms with E-state index in [0.29, 0.717) is 13.2 Å². The first-order valence-corrected chi connectivity index (χ1v) is 10.9. The molecule has 3 rings (SSSR count). The molecule has 1 amide bonds. The number of ether oxygens (including phenoxy) is 2. The predicted molar refractivity (Wildman–Crippen MR) is 113 cm³/mol. The number of rotatable bonds is 8. The second-order valence-corrected chi connectivity index (χ2v) is 8.67. The number of benzene rings is 1. The van der Waals surface area contributed by atoms with Crippen molar-refractivity contribution in [2.45, 2.75) is 58.5 Å². The molecule has 0 aromatic heterocycles. The van der Waals surface area contributed by atoms with Crippen molar-refractivity contribution in [3.8, 4) is 5.75 Å². The highest BCUT2D eigenvalue weighted by Crippen LogP contribution is 2.34. The topological polar surface area (TPSA) is 50.8 Å². The standard InChI is InChI=1S/C23H36N2O3/c1-4-28-23(11-5-6-12-23)22(26)24-20-7-9-21(10-8-20)27-14-13-25-16-18(2)15-19(3)17-25/h7-10,18-19H,4-6,11-17H2,1-3H3,(H,24,26)/t18-,19-/m1/s1. The van der Waals surface area contributed by atoms with Crippen LogP contribution in [-0.4, -0.2) is 49.3 Å². The van der Waals surface area contributed by atoms with Crippen LogP contribution in [-0.2, 0) is 9.53 Å². The number of carbonyl (C=O) groups is 1. The summed E-state index contributed by atoms with van der Waals surface area (Å²) < 4.78 is 11.8. The molecule has 0 unspecified atom stereocenters. The normalized spacial score (nSPS) is 24.8. The monoisotopic (exact) mass is 388 g/mol. The smallest absolute Gasteiger partial charge is 0.256 e. The van der Waals surface area contributed by atoms with E-state index in [-0.39, 0.29) is 5.91 Å². The van der Waals surface area contributed by atoms with Crippen LogP contribution in [0.5, 0.6) is 5.75 Å². The summed E-state index contributed by atoms with van der Waals surface area (Å²) in [5.41, 5.74) is 0.147. The van der Waals surface area contributed by atoms with Gasteiger partial charge in [-0.25, -0.2) is 0 Å². The lowest BCUT2D eigenvalue weighted by molar-refractivity contribution is -0.140. The SMILES string of the molecule is CCOC1(C(=O)Nc2ccc(OCCN3C[C@H](C)C[C@@H](C)C3)cc2)CCCC1. The van der Waals surface area contributed by atoms with Crippen molar-refractivity contribution in [2.75, 3.05) is 38.2 Å². The van der Waals surface area contributed by atoms with Crippen molar-refractivity contribution in [1.82, 2.24) is 4.90 Å². The van der Waals surface area contributed by atoms with Gasteiger partial charge in [0.25, 0.3) is 5.91 Å². The number of hydrogen-bond acceptors (Lipinski definition) is 4. The van der Waals surface area contributed by atoms with Crippen molar-refractivity contribution in [1.29, 1.82) is 0 Å². The zero-order chi connectivity index (χ0) is 20.0. The molecule has 1 aromatic rings. The van der Waals surface area contributed by atoms with Gasteiger partial charge in [0.2, 0.25) is 0 Å². The maximum atomic E-state index is 12.7. The Morgan fingerprint density at radius 1 is 1.14 bits per heavy atom. The molecular formula is C23H36N2O3. The lowest BCUT2D eigenvalue weighted by Gasteiger charge is -2.34. The molecule has 5 heteroatoms. The summed E-state index contributed by atoms with van der Waals surface area (Å²) in [4.78, 5) is 15.2. The lowest BCUT2D eigenvalue weighted by atomic mass is 9.92. The molecule has 2 atom stereocenters. The van der Waals surface area contributed by atoms with Gasteiger partial charge in [-0.2, -0.15) is 0 Å². The first kappa shape index (κ1) is 21.1. The van der Waals surface area contributed by atoms with Gasteiger partial charge in [0.05, 0.1) is 0 Å². The van der Waals surface area contributed by atoms with Crippen molar-refractivity contribution in [3.63, 3.8) is 0 Å². The number of likely N-dealkylation sites (tertiary alicyclic amines) is 1. The highest BCUT2D eigenvalue weighted by Gasteiger charge is 2.41. The van der Waals surface area contributed by atoms with Crippen molar-refractivity contribution in [3.05, 3.63) is 24.3 Å². The van der Waals surface area contributed by atoms with Crippen LogP contribution in [0.15, 0.2) is 24.3 Å². The molecule has 0 radical (unpaired) electrons. The van der Waals surface area contributed by atoms with Gasteiger partial charge in [0.15, 0.2) is 0 Å². The number of hydrogen-bond donors (Lipinski definition) is 1. The van der Waals surface area contributed by atoms with E-state index < -0.39 is 5.60 Å². The third-order valence-corrected chi connectivity index (χ3v) is 5.98. The molecule has 1 saturated carbocycles. The van der Waals surface area contributed by atoms with Gasteiger partial charge >= 0.3 is 0 Å². The second kappa shape index (κ2) is 9.75. The molecule has 1 N–H and O–H groups in total. The third-order valence-electron chi connectivity index (χ3n) is 5.98. The van der Waals surface area contributed by atoms with E-state index in [9.17, 15) is 4.79 Å². The molecule has 1 heterocycles. The Labute approximate surface area is 169 Å². The van der Waals surface area contributed by atoms with E-state index in [1.807, 2.05) is 31.2 Å². The Kier molecular flexibility index (Phi) is 7.36. The molecule has 1 aliphatic heterocycles. The van der Waals surface area contributed by atoms with Crippen LogP contribution in [0.4, 0.5) is 5.69 Å². The number of piperidine rings is 1. The molecule has 156 valence electrons. The average molecular weight is 389 g/mol. The summed E-state index contributed by atoms with van der Waals surface area (Å²) in [7, 11) is 0. The number of anilines is 1. The Hall–Kier alpha value is -1.59. The quantitative estimate of drug-likeness (QED) is 0.720. The molecular weight excluding hydrogens is 352 g/mol. The van der Waals surface area contributed by atoms with Crippen LogP contribution < -0.4 is 10.1 Å². The van der Waals surface area contributed by atoms with Gasteiger partial charge in [0.1, 0.15) is 18.0 Å². The van der Waals surface area contributed by atoms with E-state index in [0.717, 1.165) is 55.5 Å². The summed E-state index contributed by atoms with van der Waals surface area (Å²) in [6.07, 6.45) is 5.04. The van der Waals surface area contributed by atoms with Crippen molar-refractivity contribution >= 4 is 11.6 Å². The zero-order valence-corrected chi connectivity index (χ0v) is 17.7. The third kappa shape index (κ3) is 5.48. The fourth-order valence-electron chi connectivity index (χ4n) is 4.81. The number of amides is 1. The Balaban J connectivity index is 1.46.